The Morgan fingerprint density at radius 1 is 0.852 bits per heavy atom. The summed E-state index contributed by atoms with van der Waals surface area (Å²) < 4.78 is 0. The van der Waals surface area contributed by atoms with Gasteiger partial charge in [-0.3, -0.25) is 0 Å². The van der Waals surface area contributed by atoms with Gasteiger partial charge in [-0.1, -0.05) is 18.2 Å². The average molecular weight is 359 g/mol. The number of hydrogen-bond donors (Lipinski definition) is 2. The standard InChI is InChI=1S/C22H25N5/c1-16-7-3-4-8-20(16)25-22-23-17(2)15-21(26-22)24-18-9-11-19(12-10-18)27-13-5-6-14-27/h3-4,7-12,15H,5-6,13-14H2,1-2H3,(H2,23,24,25,26). The predicted octanol–water partition coefficient (Wildman–Crippen LogP) is 5.18. The highest BCUT2D eigenvalue weighted by Gasteiger charge is 2.12. The third-order valence-corrected chi connectivity index (χ3v) is 4.86. The Morgan fingerprint density at radius 2 is 1.59 bits per heavy atom. The fourth-order valence-electron chi connectivity index (χ4n) is 3.40. The summed E-state index contributed by atoms with van der Waals surface area (Å²) in [5.74, 6) is 1.38. The highest BCUT2D eigenvalue weighted by Crippen LogP contribution is 2.24. The molecule has 5 heteroatoms. The highest BCUT2D eigenvalue weighted by molar-refractivity contribution is 5.64. The van der Waals surface area contributed by atoms with Crippen LogP contribution in [0.15, 0.2) is 54.6 Å². The number of benzene rings is 2. The van der Waals surface area contributed by atoms with Gasteiger partial charge in [0.1, 0.15) is 5.82 Å². The van der Waals surface area contributed by atoms with E-state index in [-0.39, 0.29) is 0 Å². The summed E-state index contributed by atoms with van der Waals surface area (Å²) in [5.41, 5.74) is 5.41. The first kappa shape index (κ1) is 17.3. The molecule has 0 atom stereocenters. The van der Waals surface area contributed by atoms with Gasteiger partial charge in [0, 0.05) is 41.9 Å². The van der Waals surface area contributed by atoms with E-state index in [1.165, 1.54) is 18.5 Å². The summed E-state index contributed by atoms with van der Waals surface area (Å²) in [6.07, 6.45) is 2.58. The van der Waals surface area contributed by atoms with Crippen molar-refractivity contribution in [3.63, 3.8) is 0 Å². The van der Waals surface area contributed by atoms with Gasteiger partial charge in [-0.2, -0.15) is 4.98 Å². The van der Waals surface area contributed by atoms with E-state index in [1.807, 2.05) is 31.2 Å². The molecule has 3 aromatic rings. The monoisotopic (exact) mass is 359 g/mol. The molecule has 1 aliphatic heterocycles. The fraction of sp³-hybridized carbons (Fsp3) is 0.273. The maximum atomic E-state index is 4.62. The van der Waals surface area contributed by atoms with Crippen LogP contribution in [0.4, 0.5) is 28.8 Å². The summed E-state index contributed by atoms with van der Waals surface area (Å²) in [7, 11) is 0. The smallest absolute Gasteiger partial charge is 0.229 e. The van der Waals surface area contributed by atoms with E-state index in [0.717, 1.165) is 41.5 Å². The molecule has 0 saturated carbocycles. The van der Waals surface area contributed by atoms with Crippen LogP contribution in [-0.2, 0) is 0 Å². The average Bonchev–Trinajstić information content (AvgIpc) is 3.19. The van der Waals surface area contributed by atoms with Crippen LogP contribution in [0.2, 0.25) is 0 Å². The second-order valence-corrected chi connectivity index (χ2v) is 7.02. The molecular weight excluding hydrogens is 334 g/mol. The fourth-order valence-corrected chi connectivity index (χ4v) is 3.40. The number of rotatable bonds is 5. The molecule has 0 amide bonds. The van der Waals surface area contributed by atoms with Gasteiger partial charge in [0.2, 0.25) is 5.95 Å². The molecule has 0 spiro atoms. The van der Waals surface area contributed by atoms with Crippen molar-refractivity contribution in [1.82, 2.24) is 9.97 Å². The van der Waals surface area contributed by atoms with E-state index < -0.39 is 0 Å². The van der Waals surface area contributed by atoms with Crippen molar-refractivity contribution in [1.29, 1.82) is 0 Å². The number of hydrogen-bond acceptors (Lipinski definition) is 5. The van der Waals surface area contributed by atoms with Crippen molar-refractivity contribution < 1.29 is 0 Å². The summed E-state index contributed by atoms with van der Waals surface area (Å²) in [5, 5.41) is 6.71. The van der Waals surface area contributed by atoms with Crippen LogP contribution in [0.1, 0.15) is 24.1 Å². The lowest BCUT2D eigenvalue weighted by atomic mass is 10.2. The lowest BCUT2D eigenvalue weighted by Crippen LogP contribution is -2.17. The van der Waals surface area contributed by atoms with E-state index in [4.69, 9.17) is 0 Å². The van der Waals surface area contributed by atoms with E-state index in [9.17, 15) is 0 Å². The maximum Gasteiger partial charge on any atom is 0.229 e. The normalized spacial score (nSPS) is 13.6. The molecule has 0 radical (unpaired) electrons. The number of nitrogens with one attached hydrogen (secondary N) is 2. The lowest BCUT2D eigenvalue weighted by Gasteiger charge is -2.18. The van der Waals surface area contributed by atoms with Crippen molar-refractivity contribution >= 4 is 28.8 Å². The summed E-state index contributed by atoms with van der Waals surface area (Å²) in [6.45, 7) is 6.36. The Balaban J connectivity index is 1.50. The molecule has 0 bridgehead atoms. The van der Waals surface area contributed by atoms with Crippen LogP contribution in [0.3, 0.4) is 0 Å². The summed E-state index contributed by atoms with van der Waals surface area (Å²) >= 11 is 0. The SMILES string of the molecule is Cc1cc(Nc2ccc(N3CCCC3)cc2)nc(Nc2ccccc2C)n1. The zero-order chi connectivity index (χ0) is 18.6. The Bertz CT molecular complexity index is 914. The van der Waals surface area contributed by atoms with Crippen molar-refractivity contribution in [2.24, 2.45) is 0 Å². The molecule has 1 fully saturated rings. The maximum absolute atomic E-state index is 4.62. The number of aryl methyl sites for hydroxylation is 2. The van der Waals surface area contributed by atoms with Crippen LogP contribution >= 0.6 is 0 Å². The lowest BCUT2D eigenvalue weighted by molar-refractivity contribution is 0.949. The minimum atomic E-state index is 0.598. The highest BCUT2D eigenvalue weighted by atomic mass is 15.2. The number of para-hydroxylation sites is 1. The quantitative estimate of drug-likeness (QED) is 0.657. The van der Waals surface area contributed by atoms with Crippen molar-refractivity contribution in [2.75, 3.05) is 28.6 Å². The van der Waals surface area contributed by atoms with Gasteiger partial charge < -0.3 is 15.5 Å². The molecule has 2 heterocycles. The first-order chi connectivity index (χ1) is 13.2. The van der Waals surface area contributed by atoms with Crippen molar-refractivity contribution in [3.8, 4) is 0 Å². The van der Waals surface area contributed by atoms with Gasteiger partial charge in [-0.05, 0) is 62.6 Å². The molecule has 4 rings (SSSR count). The van der Waals surface area contributed by atoms with Crippen LogP contribution in [0.5, 0.6) is 0 Å². The number of anilines is 5. The van der Waals surface area contributed by atoms with Crippen LogP contribution in [0, 0.1) is 13.8 Å². The van der Waals surface area contributed by atoms with Crippen molar-refractivity contribution in [3.05, 3.63) is 65.9 Å². The first-order valence-electron chi connectivity index (χ1n) is 9.48. The Kier molecular flexibility index (Phi) is 4.92. The van der Waals surface area contributed by atoms with E-state index in [0.29, 0.717) is 5.95 Å². The van der Waals surface area contributed by atoms with Crippen LogP contribution in [0.25, 0.3) is 0 Å². The largest absolute Gasteiger partial charge is 0.372 e. The topological polar surface area (TPSA) is 53.1 Å². The van der Waals surface area contributed by atoms with Gasteiger partial charge in [0.05, 0.1) is 0 Å². The van der Waals surface area contributed by atoms with Crippen molar-refractivity contribution in [2.45, 2.75) is 26.7 Å². The van der Waals surface area contributed by atoms with Crippen LogP contribution < -0.4 is 15.5 Å². The third kappa shape index (κ3) is 4.19. The third-order valence-electron chi connectivity index (χ3n) is 4.86. The molecule has 1 saturated heterocycles. The van der Waals surface area contributed by atoms with Gasteiger partial charge in [-0.15, -0.1) is 0 Å². The number of aromatic nitrogens is 2. The molecule has 0 unspecified atom stereocenters. The zero-order valence-electron chi connectivity index (χ0n) is 15.9. The summed E-state index contributed by atoms with van der Waals surface area (Å²) in [4.78, 5) is 11.6. The van der Waals surface area contributed by atoms with Crippen LogP contribution in [-0.4, -0.2) is 23.1 Å². The predicted molar refractivity (Wildman–Crippen MR) is 112 cm³/mol. The number of nitrogens with zero attached hydrogens (tertiary/aromatic N) is 3. The Hall–Kier alpha value is -3.08. The molecular formula is C22H25N5. The molecule has 1 aliphatic rings. The minimum Gasteiger partial charge on any atom is -0.372 e. The second kappa shape index (κ2) is 7.66. The minimum absolute atomic E-state index is 0.598. The first-order valence-corrected chi connectivity index (χ1v) is 9.48. The van der Waals surface area contributed by atoms with Gasteiger partial charge in [0.25, 0.3) is 0 Å². The molecule has 2 aromatic carbocycles. The van der Waals surface area contributed by atoms with E-state index in [2.05, 4.69) is 62.8 Å². The zero-order valence-corrected chi connectivity index (χ0v) is 15.9. The van der Waals surface area contributed by atoms with E-state index in [1.54, 1.807) is 0 Å². The molecule has 27 heavy (non-hydrogen) atoms. The van der Waals surface area contributed by atoms with Gasteiger partial charge in [-0.25, -0.2) is 4.98 Å². The Morgan fingerprint density at radius 3 is 2.33 bits per heavy atom. The molecule has 1 aromatic heterocycles. The molecule has 0 aliphatic carbocycles. The molecule has 2 N–H and O–H groups in total. The summed E-state index contributed by atoms with van der Waals surface area (Å²) in [6, 6.07) is 18.7. The van der Waals surface area contributed by atoms with Gasteiger partial charge in [0.15, 0.2) is 0 Å². The molecule has 5 nitrogen and oxygen atoms in total. The second-order valence-electron chi connectivity index (χ2n) is 7.02. The Labute approximate surface area is 160 Å². The van der Waals surface area contributed by atoms with E-state index >= 15 is 0 Å². The van der Waals surface area contributed by atoms with Gasteiger partial charge >= 0.3 is 0 Å². The molecule has 138 valence electrons.